The monoisotopic (exact) mass is 242 g/mol. The molecule has 0 aliphatic heterocycles. The van der Waals surface area contributed by atoms with Gasteiger partial charge in [0, 0.05) is 11.3 Å². The molecule has 0 amide bonds. The minimum atomic E-state index is -0.444. The Balaban J connectivity index is 2.11. The highest BCUT2D eigenvalue weighted by atomic mass is 32.2. The first-order valence-electron chi connectivity index (χ1n) is 5.28. The Morgan fingerprint density at radius 3 is 3.12 bits per heavy atom. The number of hydrogen-bond donors (Lipinski definition) is 2. The molecule has 16 heavy (non-hydrogen) atoms. The fourth-order valence-electron chi connectivity index (χ4n) is 2.03. The zero-order valence-corrected chi connectivity index (χ0v) is 9.93. The molecule has 0 spiro atoms. The Hall–Kier alpha value is -1.04. The van der Waals surface area contributed by atoms with Gasteiger partial charge in [0.05, 0.1) is 6.20 Å². The molecule has 0 bridgehead atoms. The van der Waals surface area contributed by atoms with Gasteiger partial charge in [-0.25, -0.2) is 9.37 Å². The van der Waals surface area contributed by atoms with Crippen LogP contribution in [0.5, 0.6) is 0 Å². The fraction of sp³-hybridized carbons (Fsp3) is 0.600. The van der Waals surface area contributed by atoms with Crippen molar-refractivity contribution in [2.75, 3.05) is 17.3 Å². The normalized spacial score (nSPS) is 24.6. The number of nitrogens with one attached hydrogen (secondary N) is 1. The van der Waals surface area contributed by atoms with E-state index in [4.69, 9.17) is 5.73 Å². The summed E-state index contributed by atoms with van der Waals surface area (Å²) in [4.78, 5) is 7.48. The average Bonchev–Trinajstić information content (AvgIpc) is 2.71. The molecule has 2 unspecified atom stereocenters. The summed E-state index contributed by atoms with van der Waals surface area (Å²) >= 11 is 1.81. The van der Waals surface area contributed by atoms with Crippen molar-refractivity contribution in [2.24, 2.45) is 0 Å². The smallest absolute Gasteiger partial charge is 0.222 e. The minimum absolute atomic E-state index is 0.0996. The molecule has 1 aromatic rings. The van der Waals surface area contributed by atoms with Gasteiger partial charge >= 0.3 is 0 Å². The van der Waals surface area contributed by atoms with Gasteiger partial charge in [0.1, 0.15) is 0 Å². The van der Waals surface area contributed by atoms with Crippen molar-refractivity contribution >= 4 is 23.5 Å². The summed E-state index contributed by atoms with van der Waals surface area (Å²) in [7, 11) is 0. The third kappa shape index (κ3) is 2.37. The molecule has 0 aromatic carbocycles. The molecule has 0 radical (unpaired) electrons. The summed E-state index contributed by atoms with van der Waals surface area (Å²) in [5, 5.41) is 3.65. The highest BCUT2D eigenvalue weighted by Crippen LogP contribution is 2.30. The van der Waals surface area contributed by atoms with Gasteiger partial charge in [0.15, 0.2) is 11.6 Å². The van der Waals surface area contributed by atoms with Crippen LogP contribution in [0.3, 0.4) is 0 Å². The predicted molar refractivity (Wildman–Crippen MR) is 65.0 cm³/mol. The lowest BCUT2D eigenvalue weighted by molar-refractivity contribution is 0.612. The number of nitrogens with two attached hydrogens (primary N) is 1. The van der Waals surface area contributed by atoms with E-state index in [0.717, 1.165) is 12.6 Å². The largest absolute Gasteiger partial charge is 0.368 e. The van der Waals surface area contributed by atoms with Crippen LogP contribution in [0.15, 0.2) is 6.20 Å². The molecule has 1 fully saturated rings. The van der Waals surface area contributed by atoms with Gasteiger partial charge < -0.3 is 11.1 Å². The van der Waals surface area contributed by atoms with Crippen LogP contribution in [0.4, 0.5) is 16.2 Å². The lowest BCUT2D eigenvalue weighted by Crippen LogP contribution is -2.27. The van der Waals surface area contributed by atoms with Crippen LogP contribution in [0, 0.1) is 5.82 Å². The predicted octanol–water partition coefficient (Wildman–Crippen LogP) is 1.89. The van der Waals surface area contributed by atoms with Gasteiger partial charge in [-0.05, 0) is 19.1 Å². The molecule has 3 N–H and O–H groups in total. The van der Waals surface area contributed by atoms with Gasteiger partial charge in [0.25, 0.3) is 0 Å². The number of anilines is 2. The van der Waals surface area contributed by atoms with Crippen molar-refractivity contribution in [1.29, 1.82) is 0 Å². The van der Waals surface area contributed by atoms with E-state index >= 15 is 0 Å². The van der Waals surface area contributed by atoms with Gasteiger partial charge in [-0.3, -0.25) is 0 Å². The topological polar surface area (TPSA) is 63.8 Å². The van der Waals surface area contributed by atoms with Crippen molar-refractivity contribution < 1.29 is 4.39 Å². The second-order valence-electron chi connectivity index (χ2n) is 3.88. The van der Waals surface area contributed by atoms with E-state index in [1.807, 2.05) is 11.8 Å². The van der Waals surface area contributed by atoms with Gasteiger partial charge in [-0.2, -0.15) is 16.7 Å². The summed E-state index contributed by atoms with van der Waals surface area (Å²) in [6.45, 7) is 0. The van der Waals surface area contributed by atoms with Crippen LogP contribution in [0.25, 0.3) is 0 Å². The first-order valence-corrected chi connectivity index (χ1v) is 6.57. The molecule has 1 heterocycles. The van der Waals surface area contributed by atoms with Crippen LogP contribution in [-0.2, 0) is 0 Å². The van der Waals surface area contributed by atoms with Crippen molar-refractivity contribution in [3.8, 4) is 0 Å². The third-order valence-electron chi connectivity index (χ3n) is 2.84. The second-order valence-corrected chi connectivity index (χ2v) is 4.96. The Morgan fingerprint density at radius 1 is 1.56 bits per heavy atom. The van der Waals surface area contributed by atoms with E-state index in [2.05, 4.69) is 21.5 Å². The Labute approximate surface area is 98.2 Å². The van der Waals surface area contributed by atoms with Crippen LogP contribution < -0.4 is 11.1 Å². The van der Waals surface area contributed by atoms with Crippen molar-refractivity contribution in [2.45, 2.75) is 30.6 Å². The first kappa shape index (κ1) is 11.4. The minimum Gasteiger partial charge on any atom is -0.368 e. The SMILES string of the molecule is CSC1CCCC1Nc1nc(N)ncc1F. The first-order chi connectivity index (χ1) is 7.70. The van der Waals surface area contributed by atoms with Crippen molar-refractivity contribution in [3.05, 3.63) is 12.0 Å². The van der Waals surface area contributed by atoms with E-state index in [1.165, 1.54) is 12.8 Å². The van der Waals surface area contributed by atoms with Crippen LogP contribution in [-0.4, -0.2) is 27.5 Å². The van der Waals surface area contributed by atoms with Gasteiger partial charge in [0.2, 0.25) is 5.95 Å². The lowest BCUT2D eigenvalue weighted by Gasteiger charge is -2.19. The number of nitrogens with zero attached hydrogens (tertiary/aromatic N) is 2. The fourth-order valence-corrected chi connectivity index (χ4v) is 2.97. The summed E-state index contributed by atoms with van der Waals surface area (Å²) in [5.74, 6) is -0.123. The number of rotatable bonds is 3. The summed E-state index contributed by atoms with van der Waals surface area (Å²) in [6, 6.07) is 0.277. The molecule has 1 aliphatic carbocycles. The van der Waals surface area contributed by atoms with Crippen LogP contribution in [0.1, 0.15) is 19.3 Å². The Morgan fingerprint density at radius 2 is 2.38 bits per heavy atom. The highest BCUT2D eigenvalue weighted by molar-refractivity contribution is 7.99. The quantitative estimate of drug-likeness (QED) is 0.847. The highest BCUT2D eigenvalue weighted by Gasteiger charge is 2.27. The van der Waals surface area contributed by atoms with E-state index < -0.39 is 5.82 Å². The maximum atomic E-state index is 13.4. The Bertz CT molecular complexity index is 374. The Kier molecular flexibility index (Phi) is 3.48. The maximum absolute atomic E-state index is 13.4. The van der Waals surface area contributed by atoms with Crippen molar-refractivity contribution in [1.82, 2.24) is 9.97 Å². The number of nitrogen functional groups attached to an aromatic ring is 1. The molecule has 2 atom stereocenters. The molecule has 2 rings (SSSR count). The molecular weight excluding hydrogens is 227 g/mol. The molecule has 1 aliphatic rings. The lowest BCUT2D eigenvalue weighted by atomic mass is 10.2. The average molecular weight is 242 g/mol. The standard InChI is InChI=1S/C10H15FN4S/c1-16-8-4-2-3-7(8)14-9-6(11)5-13-10(12)15-9/h5,7-8H,2-4H2,1H3,(H3,12,13,14,15). The third-order valence-corrected chi connectivity index (χ3v) is 4.01. The molecule has 88 valence electrons. The molecule has 1 aromatic heterocycles. The van der Waals surface area contributed by atoms with E-state index in [1.54, 1.807) is 0 Å². The zero-order valence-electron chi connectivity index (χ0n) is 9.11. The van der Waals surface area contributed by atoms with Crippen molar-refractivity contribution in [3.63, 3.8) is 0 Å². The number of aromatic nitrogens is 2. The van der Waals surface area contributed by atoms with Crippen LogP contribution in [0.2, 0.25) is 0 Å². The second kappa shape index (κ2) is 4.86. The maximum Gasteiger partial charge on any atom is 0.222 e. The van der Waals surface area contributed by atoms with E-state index in [0.29, 0.717) is 5.25 Å². The molecule has 1 saturated carbocycles. The number of thioether (sulfide) groups is 1. The van der Waals surface area contributed by atoms with Gasteiger partial charge in [-0.1, -0.05) is 6.42 Å². The van der Waals surface area contributed by atoms with E-state index in [9.17, 15) is 4.39 Å². The summed E-state index contributed by atoms with van der Waals surface area (Å²) in [5.41, 5.74) is 5.43. The summed E-state index contributed by atoms with van der Waals surface area (Å²) in [6.07, 6.45) is 6.57. The molecule has 4 nitrogen and oxygen atoms in total. The van der Waals surface area contributed by atoms with Crippen LogP contribution >= 0.6 is 11.8 Å². The molecular formula is C10H15FN4S. The van der Waals surface area contributed by atoms with Gasteiger partial charge in [-0.15, -0.1) is 0 Å². The molecule has 0 saturated heterocycles. The molecule has 6 heteroatoms. The van der Waals surface area contributed by atoms with E-state index in [-0.39, 0.29) is 17.8 Å². The zero-order chi connectivity index (χ0) is 11.5. The summed E-state index contributed by atoms with van der Waals surface area (Å²) < 4.78 is 13.4. The number of halogens is 1. The number of hydrogen-bond acceptors (Lipinski definition) is 5.